The standard InChI is InChI=1S/C18H34O2.ClH.2Na/c1-2-3-4-5-6-7-8-9-10-11-12-13-14-15-16-17-18(19)20;;;/h9-10H,2-8,11-17H2,1H3,(H,19,20);1H;;/q;;2*+1/p-2/b10-9-;;;. The third kappa shape index (κ3) is 31.7. The van der Waals surface area contributed by atoms with Crippen molar-refractivity contribution in [2.24, 2.45) is 0 Å². The van der Waals surface area contributed by atoms with Crippen molar-refractivity contribution >= 4 is 5.97 Å². The minimum Gasteiger partial charge on any atom is -1.00 e. The molecule has 0 amide bonds. The first-order valence-corrected chi connectivity index (χ1v) is 8.62. The molecule has 5 heteroatoms. The van der Waals surface area contributed by atoms with E-state index in [0.29, 0.717) is 0 Å². The Morgan fingerprint density at radius 1 is 0.739 bits per heavy atom. The Balaban J connectivity index is -0.000000602. The van der Waals surface area contributed by atoms with Crippen LogP contribution in [-0.4, -0.2) is 5.97 Å². The molecule has 0 aromatic carbocycles. The molecule has 0 atom stereocenters. The summed E-state index contributed by atoms with van der Waals surface area (Å²) in [4.78, 5) is 10.2. The van der Waals surface area contributed by atoms with E-state index >= 15 is 0 Å². The van der Waals surface area contributed by atoms with Gasteiger partial charge in [0.05, 0.1) is 0 Å². The van der Waals surface area contributed by atoms with Crippen molar-refractivity contribution in [3.8, 4) is 0 Å². The fraction of sp³-hybridized carbons (Fsp3) is 0.833. The number of hydrogen-bond acceptors (Lipinski definition) is 2. The monoisotopic (exact) mass is 362 g/mol. The molecule has 0 saturated heterocycles. The van der Waals surface area contributed by atoms with E-state index in [1.807, 2.05) is 0 Å². The van der Waals surface area contributed by atoms with Crippen LogP contribution >= 0.6 is 0 Å². The van der Waals surface area contributed by atoms with Crippen molar-refractivity contribution in [1.82, 2.24) is 0 Å². The normalized spacial score (nSPS) is 9.78. The number of aliphatic carboxylic acids is 1. The van der Waals surface area contributed by atoms with Crippen LogP contribution in [0, 0.1) is 0 Å². The van der Waals surface area contributed by atoms with Crippen molar-refractivity contribution in [2.75, 3.05) is 0 Å². The maximum Gasteiger partial charge on any atom is 1.00 e. The topological polar surface area (TPSA) is 40.1 Å². The predicted molar refractivity (Wildman–Crippen MR) is 84.5 cm³/mol. The van der Waals surface area contributed by atoms with Crippen molar-refractivity contribution in [2.45, 2.75) is 96.8 Å². The van der Waals surface area contributed by atoms with Gasteiger partial charge in [0.1, 0.15) is 0 Å². The van der Waals surface area contributed by atoms with Gasteiger partial charge in [0, 0.05) is 5.97 Å². The first kappa shape index (κ1) is 32.2. The van der Waals surface area contributed by atoms with Gasteiger partial charge in [0.2, 0.25) is 0 Å². The van der Waals surface area contributed by atoms with Crippen molar-refractivity contribution in [1.29, 1.82) is 0 Å². The van der Waals surface area contributed by atoms with Gasteiger partial charge >= 0.3 is 59.1 Å². The maximum atomic E-state index is 10.2. The molecule has 0 aromatic rings. The number of carbonyl (C=O) groups excluding carboxylic acids is 1. The number of hydrogen-bond donors (Lipinski definition) is 0. The molecule has 0 N–H and O–H groups in total. The SMILES string of the molecule is CCCCCCCC/C=C\CCCCCCCC(=O)[O-].[Cl-].[Na+].[Na+]. The van der Waals surface area contributed by atoms with Gasteiger partial charge in [-0.25, -0.2) is 0 Å². The summed E-state index contributed by atoms with van der Waals surface area (Å²) in [6.07, 6.45) is 20.9. The number of allylic oxidation sites excluding steroid dienone is 2. The van der Waals surface area contributed by atoms with Crippen LogP contribution < -0.4 is 76.6 Å². The molecule has 0 spiro atoms. The molecular weight excluding hydrogens is 330 g/mol. The van der Waals surface area contributed by atoms with Gasteiger partial charge in [-0.3, -0.25) is 0 Å². The maximum absolute atomic E-state index is 10.2. The Labute approximate surface area is 194 Å². The quantitative estimate of drug-likeness (QED) is 0.168. The Kier molecular flexibility index (Phi) is 39.6. The van der Waals surface area contributed by atoms with Gasteiger partial charge in [-0.05, 0) is 38.5 Å². The van der Waals surface area contributed by atoms with Crippen LogP contribution in [0.1, 0.15) is 96.8 Å². The van der Waals surface area contributed by atoms with Crippen LogP contribution in [-0.2, 0) is 4.79 Å². The Morgan fingerprint density at radius 3 is 1.57 bits per heavy atom. The second kappa shape index (κ2) is 28.3. The zero-order chi connectivity index (χ0) is 14.9. The third-order valence-electron chi connectivity index (χ3n) is 3.64. The largest absolute Gasteiger partial charge is 1.00 e. The Bertz CT molecular complexity index is 249. The molecule has 0 aliphatic heterocycles. The van der Waals surface area contributed by atoms with Gasteiger partial charge in [0.15, 0.2) is 0 Å². The van der Waals surface area contributed by atoms with E-state index in [2.05, 4.69) is 19.1 Å². The minimum atomic E-state index is -0.914. The first-order chi connectivity index (χ1) is 9.77. The van der Waals surface area contributed by atoms with Gasteiger partial charge in [-0.2, -0.15) is 0 Å². The van der Waals surface area contributed by atoms with Crippen LogP contribution in [0.2, 0.25) is 0 Å². The Morgan fingerprint density at radius 2 is 1.13 bits per heavy atom. The average molecular weight is 363 g/mol. The number of rotatable bonds is 15. The van der Waals surface area contributed by atoms with Crippen LogP contribution in [0.15, 0.2) is 12.2 Å². The fourth-order valence-electron chi connectivity index (χ4n) is 2.34. The summed E-state index contributed by atoms with van der Waals surface area (Å²) in [5, 5.41) is 10.2. The number of carbonyl (C=O) groups is 1. The molecule has 0 fully saturated rings. The third-order valence-corrected chi connectivity index (χ3v) is 3.64. The van der Waals surface area contributed by atoms with Gasteiger partial charge in [-0.1, -0.05) is 70.4 Å². The molecule has 0 aliphatic rings. The molecule has 0 radical (unpaired) electrons. The second-order valence-corrected chi connectivity index (χ2v) is 5.71. The molecule has 2 nitrogen and oxygen atoms in total. The van der Waals surface area contributed by atoms with Crippen LogP contribution in [0.5, 0.6) is 0 Å². The smallest absolute Gasteiger partial charge is 1.00 e. The number of halogens is 1. The molecule has 0 rings (SSSR count). The zero-order valence-electron chi connectivity index (χ0n) is 15.7. The summed E-state index contributed by atoms with van der Waals surface area (Å²) in [5.74, 6) is -0.914. The second-order valence-electron chi connectivity index (χ2n) is 5.71. The summed E-state index contributed by atoms with van der Waals surface area (Å²) in [6, 6.07) is 0. The first-order valence-electron chi connectivity index (χ1n) is 8.62. The molecule has 0 bridgehead atoms. The van der Waals surface area contributed by atoms with E-state index in [1.54, 1.807) is 0 Å². The molecule has 126 valence electrons. The number of carboxylic acids is 1. The number of unbranched alkanes of at least 4 members (excludes halogenated alkanes) is 11. The van der Waals surface area contributed by atoms with Gasteiger partial charge in [-0.15, -0.1) is 0 Å². The van der Waals surface area contributed by atoms with E-state index in [1.165, 1.54) is 64.2 Å². The Hall–Kier alpha value is 1.50. The molecule has 0 heterocycles. The predicted octanol–water partition coefficient (Wildman–Crippen LogP) is -4.21. The molecule has 0 aliphatic carbocycles. The molecule has 23 heavy (non-hydrogen) atoms. The van der Waals surface area contributed by atoms with Gasteiger partial charge in [0.25, 0.3) is 0 Å². The molecule has 0 saturated carbocycles. The van der Waals surface area contributed by atoms with Crippen LogP contribution in [0.25, 0.3) is 0 Å². The minimum absolute atomic E-state index is 0. The van der Waals surface area contributed by atoms with E-state index in [0.717, 1.165) is 19.3 Å². The molecule has 0 aromatic heterocycles. The number of carboxylic acid groups (broad SMARTS) is 1. The van der Waals surface area contributed by atoms with Crippen LogP contribution in [0.4, 0.5) is 0 Å². The average Bonchev–Trinajstić information content (AvgIpc) is 2.43. The van der Waals surface area contributed by atoms with E-state index < -0.39 is 5.97 Å². The van der Waals surface area contributed by atoms with Crippen molar-refractivity contribution in [3.63, 3.8) is 0 Å². The van der Waals surface area contributed by atoms with Gasteiger partial charge < -0.3 is 22.3 Å². The van der Waals surface area contributed by atoms with E-state index in [4.69, 9.17) is 0 Å². The zero-order valence-corrected chi connectivity index (χ0v) is 20.5. The molecule has 0 unspecified atom stereocenters. The van der Waals surface area contributed by atoms with Crippen LogP contribution in [0.3, 0.4) is 0 Å². The summed E-state index contributed by atoms with van der Waals surface area (Å²) < 4.78 is 0. The summed E-state index contributed by atoms with van der Waals surface area (Å²) >= 11 is 0. The van der Waals surface area contributed by atoms with E-state index in [9.17, 15) is 9.90 Å². The summed E-state index contributed by atoms with van der Waals surface area (Å²) in [7, 11) is 0. The van der Waals surface area contributed by atoms with Crippen molar-refractivity contribution in [3.05, 3.63) is 12.2 Å². The summed E-state index contributed by atoms with van der Waals surface area (Å²) in [6.45, 7) is 2.26. The summed E-state index contributed by atoms with van der Waals surface area (Å²) in [5.41, 5.74) is 0. The van der Waals surface area contributed by atoms with Crippen molar-refractivity contribution < 1.29 is 81.4 Å². The fourth-order valence-corrected chi connectivity index (χ4v) is 2.34. The van der Waals surface area contributed by atoms with E-state index in [-0.39, 0.29) is 77.9 Å². The molecular formula is C18H33ClNa2O2.